The van der Waals surface area contributed by atoms with Crippen molar-refractivity contribution in [2.24, 2.45) is 0 Å². The number of nitrogens with zero attached hydrogens (tertiary/aromatic N) is 4. The fraction of sp³-hybridized carbons (Fsp3) is 0.231. The number of carboxylic acid groups (broad SMARTS) is 1. The molecule has 1 N–H and O–H groups in total. The molecular weight excluding hydrogens is 260 g/mol. The third-order valence-electron chi connectivity index (χ3n) is 2.91. The van der Waals surface area contributed by atoms with E-state index in [9.17, 15) is 4.79 Å². The van der Waals surface area contributed by atoms with E-state index in [0.29, 0.717) is 5.78 Å². The third-order valence-corrected chi connectivity index (χ3v) is 2.91. The number of hydrogen-bond donors (Lipinski definition) is 1. The van der Waals surface area contributed by atoms with E-state index in [1.165, 1.54) is 4.52 Å². The molecule has 0 atom stereocenters. The van der Waals surface area contributed by atoms with Crippen LogP contribution in [0, 0.1) is 13.8 Å². The highest BCUT2D eigenvalue weighted by atomic mass is 16.4. The Morgan fingerprint density at radius 3 is 2.90 bits per heavy atom. The summed E-state index contributed by atoms with van der Waals surface area (Å²) < 4.78 is 7.05. The molecule has 3 rings (SSSR count). The molecule has 0 aliphatic carbocycles. The highest BCUT2D eigenvalue weighted by Crippen LogP contribution is 2.26. The number of aryl methyl sites for hydroxylation is 2. The van der Waals surface area contributed by atoms with Gasteiger partial charge in [-0.2, -0.15) is 9.50 Å². The van der Waals surface area contributed by atoms with Gasteiger partial charge in [0.2, 0.25) is 0 Å². The predicted octanol–water partition coefficient (Wildman–Crippen LogP) is 1.63. The quantitative estimate of drug-likeness (QED) is 0.778. The number of aromatic nitrogens is 4. The summed E-state index contributed by atoms with van der Waals surface area (Å²) in [6, 6.07) is 3.70. The molecule has 7 nitrogen and oxygen atoms in total. The summed E-state index contributed by atoms with van der Waals surface area (Å²) >= 11 is 0. The molecule has 0 fully saturated rings. The molecule has 7 heteroatoms. The molecule has 0 saturated heterocycles. The Morgan fingerprint density at radius 2 is 2.25 bits per heavy atom. The van der Waals surface area contributed by atoms with Crippen molar-refractivity contribution in [3.8, 4) is 11.3 Å². The molecule has 0 aliphatic rings. The van der Waals surface area contributed by atoms with Crippen LogP contribution in [-0.4, -0.2) is 30.7 Å². The monoisotopic (exact) mass is 272 g/mol. The fourth-order valence-electron chi connectivity index (χ4n) is 2.13. The fourth-order valence-corrected chi connectivity index (χ4v) is 2.13. The highest BCUT2D eigenvalue weighted by Gasteiger charge is 2.15. The zero-order chi connectivity index (χ0) is 14.3. The van der Waals surface area contributed by atoms with Crippen molar-refractivity contribution in [3.63, 3.8) is 0 Å². The van der Waals surface area contributed by atoms with Crippen LogP contribution in [0.3, 0.4) is 0 Å². The molecule has 0 bridgehead atoms. The van der Waals surface area contributed by atoms with Crippen LogP contribution in [0.25, 0.3) is 17.0 Å². The first-order valence-corrected chi connectivity index (χ1v) is 6.04. The van der Waals surface area contributed by atoms with Crippen LogP contribution in [0.15, 0.2) is 22.7 Å². The standard InChI is InChI=1S/C13H12N4O3/c1-7-5-9(8(2)20-7)10-3-4-14-13-15-11(6-12(18)19)16-17(10)13/h3-5H,6H2,1-2H3,(H,18,19). The highest BCUT2D eigenvalue weighted by molar-refractivity contribution is 5.69. The van der Waals surface area contributed by atoms with Crippen LogP contribution >= 0.6 is 0 Å². The first-order chi connectivity index (χ1) is 9.54. The van der Waals surface area contributed by atoms with Gasteiger partial charge >= 0.3 is 5.97 Å². The van der Waals surface area contributed by atoms with Crippen molar-refractivity contribution in [3.05, 3.63) is 35.7 Å². The van der Waals surface area contributed by atoms with Gasteiger partial charge in [0.05, 0.1) is 5.69 Å². The summed E-state index contributed by atoms with van der Waals surface area (Å²) in [5.41, 5.74) is 1.66. The van der Waals surface area contributed by atoms with Crippen LogP contribution in [0.4, 0.5) is 0 Å². The first kappa shape index (κ1) is 12.3. The molecular formula is C13H12N4O3. The van der Waals surface area contributed by atoms with E-state index in [1.54, 1.807) is 12.3 Å². The predicted molar refractivity (Wildman–Crippen MR) is 69.3 cm³/mol. The maximum atomic E-state index is 10.7. The molecule has 0 aliphatic heterocycles. The number of carboxylic acids is 1. The molecule has 0 amide bonds. The summed E-state index contributed by atoms with van der Waals surface area (Å²) in [5.74, 6) is 1.20. The molecule has 3 heterocycles. The molecule has 3 aromatic heterocycles. The minimum atomic E-state index is -0.974. The average molecular weight is 272 g/mol. The number of fused-ring (bicyclic) bond motifs is 1. The lowest BCUT2D eigenvalue weighted by atomic mass is 10.2. The minimum Gasteiger partial charge on any atom is -0.481 e. The number of aliphatic carboxylic acids is 1. The van der Waals surface area contributed by atoms with Gasteiger partial charge in [0, 0.05) is 11.8 Å². The van der Waals surface area contributed by atoms with Crippen LogP contribution in [0.1, 0.15) is 17.3 Å². The van der Waals surface area contributed by atoms with Crippen molar-refractivity contribution in [2.75, 3.05) is 0 Å². The Labute approximate surface area is 113 Å². The van der Waals surface area contributed by atoms with Crippen LogP contribution in [0.2, 0.25) is 0 Å². The van der Waals surface area contributed by atoms with Crippen LogP contribution in [-0.2, 0) is 11.2 Å². The molecule has 0 unspecified atom stereocenters. The Morgan fingerprint density at radius 1 is 1.45 bits per heavy atom. The van der Waals surface area contributed by atoms with E-state index in [4.69, 9.17) is 9.52 Å². The SMILES string of the molecule is Cc1cc(-c2ccnc3nc(CC(=O)O)nn23)c(C)o1. The number of carbonyl (C=O) groups is 1. The lowest BCUT2D eigenvalue weighted by Gasteiger charge is -2.01. The second-order valence-corrected chi connectivity index (χ2v) is 4.47. The second-order valence-electron chi connectivity index (χ2n) is 4.47. The normalized spacial score (nSPS) is 11.1. The van der Waals surface area contributed by atoms with Crippen molar-refractivity contribution in [2.45, 2.75) is 20.3 Å². The summed E-state index contributed by atoms with van der Waals surface area (Å²) in [6.07, 6.45) is 1.39. The zero-order valence-corrected chi connectivity index (χ0v) is 11.0. The maximum Gasteiger partial charge on any atom is 0.311 e. The van der Waals surface area contributed by atoms with E-state index in [0.717, 1.165) is 22.8 Å². The van der Waals surface area contributed by atoms with Gasteiger partial charge in [-0.15, -0.1) is 5.10 Å². The zero-order valence-electron chi connectivity index (χ0n) is 11.0. The number of hydrogen-bond acceptors (Lipinski definition) is 5. The van der Waals surface area contributed by atoms with Crippen molar-refractivity contribution < 1.29 is 14.3 Å². The maximum absolute atomic E-state index is 10.7. The van der Waals surface area contributed by atoms with Crippen LogP contribution < -0.4 is 0 Å². The van der Waals surface area contributed by atoms with Crippen LogP contribution in [0.5, 0.6) is 0 Å². The van der Waals surface area contributed by atoms with Crippen molar-refractivity contribution >= 4 is 11.7 Å². The molecule has 0 saturated carbocycles. The lowest BCUT2D eigenvalue weighted by Crippen LogP contribution is -2.02. The first-order valence-electron chi connectivity index (χ1n) is 6.04. The second kappa shape index (κ2) is 4.44. The number of furan rings is 1. The minimum absolute atomic E-state index is 0.230. The Bertz CT molecular complexity index is 803. The van der Waals surface area contributed by atoms with E-state index >= 15 is 0 Å². The van der Waals surface area contributed by atoms with Gasteiger partial charge in [-0.3, -0.25) is 4.79 Å². The van der Waals surface area contributed by atoms with Gasteiger partial charge in [-0.05, 0) is 26.0 Å². The summed E-state index contributed by atoms with van der Waals surface area (Å²) in [6.45, 7) is 3.73. The molecule has 20 heavy (non-hydrogen) atoms. The van der Waals surface area contributed by atoms with Gasteiger partial charge in [0.15, 0.2) is 5.82 Å². The molecule has 0 aromatic carbocycles. The molecule has 0 spiro atoms. The van der Waals surface area contributed by atoms with Gasteiger partial charge in [0.25, 0.3) is 5.78 Å². The average Bonchev–Trinajstić information content (AvgIpc) is 2.90. The van der Waals surface area contributed by atoms with E-state index in [-0.39, 0.29) is 12.2 Å². The Kier molecular flexibility index (Phi) is 2.74. The lowest BCUT2D eigenvalue weighted by molar-refractivity contribution is -0.136. The van der Waals surface area contributed by atoms with Gasteiger partial charge in [-0.1, -0.05) is 0 Å². The third kappa shape index (κ3) is 2.03. The van der Waals surface area contributed by atoms with Crippen molar-refractivity contribution in [1.29, 1.82) is 0 Å². The summed E-state index contributed by atoms with van der Waals surface area (Å²) in [7, 11) is 0. The van der Waals surface area contributed by atoms with Gasteiger partial charge < -0.3 is 9.52 Å². The number of rotatable bonds is 3. The summed E-state index contributed by atoms with van der Waals surface area (Å²) in [5, 5.41) is 13.0. The van der Waals surface area contributed by atoms with Gasteiger partial charge in [-0.25, -0.2) is 4.98 Å². The topological polar surface area (TPSA) is 93.5 Å². The smallest absolute Gasteiger partial charge is 0.311 e. The summed E-state index contributed by atoms with van der Waals surface area (Å²) in [4.78, 5) is 18.9. The van der Waals surface area contributed by atoms with Crippen molar-refractivity contribution in [1.82, 2.24) is 19.6 Å². The van der Waals surface area contributed by atoms with Gasteiger partial charge in [0.1, 0.15) is 17.9 Å². The van der Waals surface area contributed by atoms with E-state index in [1.807, 2.05) is 19.9 Å². The van der Waals surface area contributed by atoms with E-state index < -0.39 is 5.97 Å². The Hall–Kier alpha value is -2.70. The largest absolute Gasteiger partial charge is 0.481 e. The molecule has 0 radical (unpaired) electrons. The Balaban J connectivity index is 2.18. The molecule has 102 valence electrons. The van der Waals surface area contributed by atoms with E-state index in [2.05, 4.69) is 15.1 Å². The molecule has 3 aromatic rings.